The molecule has 0 aliphatic carbocycles. The van der Waals surface area contributed by atoms with Crippen LogP contribution in [0, 0.1) is 0 Å². The quantitative estimate of drug-likeness (QED) is 0.578. The highest BCUT2D eigenvalue weighted by Gasteiger charge is 2.30. The molecule has 0 fully saturated rings. The third kappa shape index (κ3) is 5.10. The van der Waals surface area contributed by atoms with E-state index in [1.54, 1.807) is 30.3 Å². The van der Waals surface area contributed by atoms with E-state index < -0.39 is 31.8 Å². The van der Waals surface area contributed by atoms with Gasteiger partial charge in [-0.15, -0.1) is 0 Å². The number of rotatable bonds is 6. The lowest BCUT2D eigenvalue weighted by Crippen LogP contribution is -2.15. The average Bonchev–Trinajstić information content (AvgIpc) is 2.68. The predicted octanol–water partition coefficient (Wildman–Crippen LogP) is 4.31. The second-order valence-electron chi connectivity index (χ2n) is 6.12. The Kier molecular flexibility index (Phi) is 5.77. The minimum absolute atomic E-state index is 0.0496. The topological polar surface area (TPSA) is 92.3 Å². The van der Waals surface area contributed by atoms with Gasteiger partial charge in [0.15, 0.2) is 0 Å². The normalized spacial score (nSPS) is 12.4. The van der Waals surface area contributed by atoms with Gasteiger partial charge in [0.2, 0.25) is 0 Å². The standard InChI is InChI=1S/C19H15F3N2O4S2/c20-19(21,22)14-6-10-17(11-7-14)29(25,26)24-16-8-12-18(13-9-16)30(27,28)23-15-4-2-1-3-5-15/h1-13,23-24H. The van der Waals surface area contributed by atoms with Crippen LogP contribution < -0.4 is 9.44 Å². The molecular weight excluding hydrogens is 441 g/mol. The van der Waals surface area contributed by atoms with E-state index in [-0.39, 0.29) is 15.5 Å². The highest BCUT2D eigenvalue weighted by molar-refractivity contribution is 7.93. The third-order valence-electron chi connectivity index (χ3n) is 3.93. The number of halogens is 3. The van der Waals surface area contributed by atoms with Crippen LogP contribution in [-0.2, 0) is 26.2 Å². The van der Waals surface area contributed by atoms with E-state index in [0.717, 1.165) is 12.1 Å². The Morgan fingerprint density at radius 1 is 0.567 bits per heavy atom. The lowest BCUT2D eigenvalue weighted by atomic mass is 10.2. The van der Waals surface area contributed by atoms with E-state index in [0.29, 0.717) is 17.8 Å². The lowest BCUT2D eigenvalue weighted by molar-refractivity contribution is -0.137. The molecule has 0 aliphatic heterocycles. The highest BCUT2D eigenvalue weighted by atomic mass is 32.2. The second kappa shape index (κ2) is 8.00. The molecule has 3 aromatic carbocycles. The van der Waals surface area contributed by atoms with Gasteiger partial charge < -0.3 is 0 Å². The molecule has 0 bridgehead atoms. The van der Waals surface area contributed by atoms with Crippen LogP contribution in [0.2, 0.25) is 0 Å². The third-order valence-corrected chi connectivity index (χ3v) is 6.73. The lowest BCUT2D eigenvalue weighted by Gasteiger charge is -2.11. The van der Waals surface area contributed by atoms with Gasteiger partial charge in [-0.1, -0.05) is 18.2 Å². The van der Waals surface area contributed by atoms with Crippen LogP contribution in [0.15, 0.2) is 88.7 Å². The van der Waals surface area contributed by atoms with Gasteiger partial charge in [0, 0.05) is 11.4 Å². The summed E-state index contributed by atoms with van der Waals surface area (Å²) in [4.78, 5) is -0.457. The van der Waals surface area contributed by atoms with Crippen LogP contribution in [0.25, 0.3) is 0 Å². The van der Waals surface area contributed by atoms with Gasteiger partial charge in [-0.25, -0.2) is 16.8 Å². The van der Waals surface area contributed by atoms with Gasteiger partial charge in [0.1, 0.15) is 0 Å². The number of para-hydroxylation sites is 1. The largest absolute Gasteiger partial charge is 0.416 e. The Bertz CT molecular complexity index is 1230. The van der Waals surface area contributed by atoms with Crippen LogP contribution in [-0.4, -0.2) is 16.8 Å². The Labute approximate surface area is 171 Å². The fourth-order valence-corrected chi connectivity index (χ4v) is 4.58. The van der Waals surface area contributed by atoms with Crippen LogP contribution in [0.3, 0.4) is 0 Å². The first-order chi connectivity index (χ1) is 14.0. The number of sulfonamides is 2. The molecule has 0 heterocycles. The summed E-state index contributed by atoms with van der Waals surface area (Å²) < 4.78 is 91.9. The molecule has 0 aromatic heterocycles. The maximum absolute atomic E-state index is 12.6. The van der Waals surface area contributed by atoms with Gasteiger partial charge in [0.25, 0.3) is 20.0 Å². The molecule has 3 rings (SSSR count). The zero-order valence-corrected chi connectivity index (χ0v) is 16.7. The average molecular weight is 456 g/mol. The van der Waals surface area contributed by atoms with Crippen molar-refractivity contribution in [3.8, 4) is 0 Å². The van der Waals surface area contributed by atoms with Crippen LogP contribution in [0.1, 0.15) is 5.56 Å². The maximum atomic E-state index is 12.6. The molecule has 11 heteroatoms. The maximum Gasteiger partial charge on any atom is 0.416 e. The van der Waals surface area contributed by atoms with E-state index in [1.807, 2.05) is 0 Å². The molecule has 0 radical (unpaired) electrons. The van der Waals surface area contributed by atoms with Crippen molar-refractivity contribution in [2.75, 3.05) is 9.44 Å². The second-order valence-corrected chi connectivity index (χ2v) is 9.49. The fourth-order valence-electron chi connectivity index (χ4n) is 2.46. The number of hydrogen-bond donors (Lipinski definition) is 2. The molecule has 0 atom stereocenters. The van der Waals surface area contributed by atoms with Gasteiger partial charge in [0.05, 0.1) is 15.4 Å². The van der Waals surface area contributed by atoms with Crippen molar-refractivity contribution in [2.24, 2.45) is 0 Å². The number of nitrogens with one attached hydrogen (secondary N) is 2. The number of hydrogen-bond acceptors (Lipinski definition) is 4. The summed E-state index contributed by atoms with van der Waals surface area (Å²) in [5.74, 6) is 0. The summed E-state index contributed by atoms with van der Waals surface area (Å²) in [6.45, 7) is 0. The van der Waals surface area contributed by atoms with Crippen LogP contribution >= 0.6 is 0 Å². The molecule has 30 heavy (non-hydrogen) atoms. The Balaban J connectivity index is 1.76. The first-order valence-corrected chi connectivity index (χ1v) is 11.3. The summed E-state index contributed by atoms with van der Waals surface area (Å²) in [5.41, 5.74) is -0.555. The smallest absolute Gasteiger partial charge is 0.280 e. The summed E-state index contributed by atoms with van der Waals surface area (Å²) in [5, 5.41) is 0. The monoisotopic (exact) mass is 456 g/mol. The van der Waals surface area contributed by atoms with Crippen molar-refractivity contribution in [2.45, 2.75) is 16.0 Å². The van der Waals surface area contributed by atoms with E-state index in [2.05, 4.69) is 9.44 Å². The van der Waals surface area contributed by atoms with Crippen molar-refractivity contribution in [3.63, 3.8) is 0 Å². The van der Waals surface area contributed by atoms with Crippen LogP contribution in [0.5, 0.6) is 0 Å². The minimum atomic E-state index is -4.58. The molecule has 0 saturated heterocycles. The van der Waals surface area contributed by atoms with Gasteiger partial charge in [-0.3, -0.25) is 9.44 Å². The first kappa shape index (κ1) is 21.7. The van der Waals surface area contributed by atoms with Crippen molar-refractivity contribution in [3.05, 3.63) is 84.4 Å². The van der Waals surface area contributed by atoms with Crippen molar-refractivity contribution >= 4 is 31.4 Å². The molecular formula is C19H15F3N2O4S2. The molecule has 0 spiro atoms. The number of benzene rings is 3. The van der Waals surface area contributed by atoms with Gasteiger partial charge in [-0.05, 0) is 60.7 Å². The Hall–Kier alpha value is -3.05. The molecule has 3 aromatic rings. The molecule has 0 unspecified atom stereocenters. The highest BCUT2D eigenvalue weighted by Crippen LogP contribution is 2.30. The zero-order chi connectivity index (χ0) is 22.0. The number of anilines is 2. The van der Waals surface area contributed by atoms with Crippen molar-refractivity contribution in [1.29, 1.82) is 0 Å². The molecule has 2 N–H and O–H groups in total. The predicted molar refractivity (Wildman–Crippen MR) is 106 cm³/mol. The molecule has 0 amide bonds. The molecule has 0 saturated carbocycles. The van der Waals surface area contributed by atoms with Gasteiger partial charge >= 0.3 is 6.18 Å². The summed E-state index contributed by atoms with van der Waals surface area (Å²) in [6, 6.07) is 16.1. The van der Waals surface area contributed by atoms with Crippen molar-refractivity contribution < 1.29 is 30.0 Å². The molecule has 0 aliphatic rings. The molecule has 6 nitrogen and oxygen atoms in total. The summed E-state index contributed by atoms with van der Waals surface area (Å²) in [7, 11) is -8.03. The van der Waals surface area contributed by atoms with E-state index in [4.69, 9.17) is 0 Å². The fraction of sp³-hybridized carbons (Fsp3) is 0.0526. The summed E-state index contributed by atoms with van der Waals surface area (Å²) >= 11 is 0. The van der Waals surface area contributed by atoms with E-state index in [9.17, 15) is 30.0 Å². The van der Waals surface area contributed by atoms with E-state index in [1.165, 1.54) is 24.3 Å². The summed E-state index contributed by atoms with van der Waals surface area (Å²) in [6.07, 6.45) is -4.58. The Morgan fingerprint density at radius 2 is 0.967 bits per heavy atom. The van der Waals surface area contributed by atoms with E-state index >= 15 is 0 Å². The minimum Gasteiger partial charge on any atom is -0.280 e. The van der Waals surface area contributed by atoms with Gasteiger partial charge in [-0.2, -0.15) is 13.2 Å². The van der Waals surface area contributed by atoms with Crippen molar-refractivity contribution in [1.82, 2.24) is 0 Å². The number of alkyl halides is 3. The Morgan fingerprint density at radius 3 is 1.40 bits per heavy atom. The van der Waals surface area contributed by atoms with Crippen LogP contribution in [0.4, 0.5) is 24.5 Å². The molecule has 158 valence electrons. The zero-order valence-electron chi connectivity index (χ0n) is 15.1. The SMILES string of the molecule is O=S(=O)(Nc1ccccc1)c1ccc(NS(=O)(=O)c2ccc(C(F)(F)F)cc2)cc1. The first-order valence-electron chi connectivity index (χ1n) is 8.35.